The van der Waals surface area contributed by atoms with Crippen molar-refractivity contribution < 1.29 is 0 Å². The molecule has 0 aliphatic heterocycles. The summed E-state index contributed by atoms with van der Waals surface area (Å²) >= 11 is 0. The van der Waals surface area contributed by atoms with Crippen LogP contribution < -0.4 is 5.43 Å². The van der Waals surface area contributed by atoms with E-state index in [0.29, 0.717) is 0 Å². The van der Waals surface area contributed by atoms with Crippen molar-refractivity contribution in [3.63, 3.8) is 0 Å². The zero-order valence-electron chi connectivity index (χ0n) is 11.7. The molecule has 1 unspecified atom stereocenters. The van der Waals surface area contributed by atoms with E-state index in [9.17, 15) is 0 Å². The Bertz CT molecular complexity index is 467. The topological polar surface area (TPSA) is 15.3 Å². The van der Waals surface area contributed by atoms with Crippen LogP contribution in [0.1, 0.15) is 19.4 Å². The van der Waals surface area contributed by atoms with Crippen molar-refractivity contribution in [1.29, 1.82) is 0 Å². The van der Waals surface area contributed by atoms with Crippen LogP contribution in [0.25, 0.3) is 6.08 Å². The van der Waals surface area contributed by atoms with Gasteiger partial charge in [-0.3, -0.25) is 0 Å². The molecule has 2 rings (SSSR count). The van der Waals surface area contributed by atoms with Crippen LogP contribution in [0.3, 0.4) is 0 Å². The van der Waals surface area contributed by atoms with E-state index in [-0.39, 0.29) is 6.04 Å². The molecule has 0 heterocycles. The highest BCUT2D eigenvalue weighted by atomic mass is 15.5. The third-order valence-electron chi connectivity index (χ3n) is 3.28. The first kappa shape index (κ1) is 13.8. The predicted octanol–water partition coefficient (Wildman–Crippen LogP) is 3.41. The average molecular weight is 254 g/mol. The van der Waals surface area contributed by atoms with Crippen molar-refractivity contribution in [3.05, 3.63) is 65.8 Å². The first-order valence-electron chi connectivity index (χ1n) is 6.96. The minimum absolute atomic E-state index is 0.255. The summed E-state index contributed by atoms with van der Waals surface area (Å²) in [5.41, 5.74) is 6.08. The van der Waals surface area contributed by atoms with E-state index in [1.165, 1.54) is 11.1 Å². The van der Waals surface area contributed by atoms with Gasteiger partial charge in [0.1, 0.15) is 0 Å². The normalized spacial score (nSPS) is 20.4. The molecule has 1 atom stereocenters. The third-order valence-corrected chi connectivity index (χ3v) is 3.28. The Labute approximate surface area is 116 Å². The monoisotopic (exact) mass is 254 g/mol. The molecule has 1 aromatic carbocycles. The second kappa shape index (κ2) is 7.07. The van der Waals surface area contributed by atoms with E-state index in [0.717, 1.165) is 13.1 Å². The molecule has 0 bridgehead atoms. The lowest BCUT2D eigenvalue weighted by molar-refractivity contribution is 0.200. The molecule has 1 aromatic rings. The number of nitrogens with zero attached hydrogens (tertiary/aromatic N) is 1. The largest absolute Gasteiger partial charge is 0.244 e. The van der Waals surface area contributed by atoms with Gasteiger partial charge in [0.2, 0.25) is 0 Å². The lowest BCUT2D eigenvalue weighted by atomic mass is 10.00. The molecule has 0 fully saturated rings. The van der Waals surface area contributed by atoms with Crippen molar-refractivity contribution >= 4 is 6.08 Å². The van der Waals surface area contributed by atoms with Crippen LogP contribution in [-0.2, 0) is 0 Å². The summed E-state index contributed by atoms with van der Waals surface area (Å²) in [7, 11) is 0. The fourth-order valence-corrected chi connectivity index (χ4v) is 2.16. The highest BCUT2D eigenvalue weighted by molar-refractivity contribution is 5.59. The summed E-state index contributed by atoms with van der Waals surface area (Å²) < 4.78 is 0. The van der Waals surface area contributed by atoms with Gasteiger partial charge in [-0.2, -0.15) is 0 Å². The molecule has 100 valence electrons. The van der Waals surface area contributed by atoms with Crippen molar-refractivity contribution in [1.82, 2.24) is 10.4 Å². The van der Waals surface area contributed by atoms with Gasteiger partial charge in [-0.25, -0.2) is 10.4 Å². The molecule has 2 nitrogen and oxygen atoms in total. The van der Waals surface area contributed by atoms with Gasteiger partial charge in [-0.05, 0) is 17.2 Å². The number of rotatable bonds is 5. The minimum Gasteiger partial charge on any atom is -0.244 e. The minimum atomic E-state index is 0.255. The smallest absolute Gasteiger partial charge is 0.0648 e. The summed E-state index contributed by atoms with van der Waals surface area (Å²) in [6.07, 6.45) is 10.8. The molecule has 1 N–H and O–H groups in total. The molecule has 0 aromatic heterocycles. The maximum absolute atomic E-state index is 3.55. The van der Waals surface area contributed by atoms with Crippen molar-refractivity contribution in [2.45, 2.75) is 19.9 Å². The summed E-state index contributed by atoms with van der Waals surface area (Å²) in [4.78, 5) is 0. The van der Waals surface area contributed by atoms with E-state index in [2.05, 4.69) is 78.9 Å². The van der Waals surface area contributed by atoms with Crippen molar-refractivity contribution in [3.8, 4) is 0 Å². The first-order valence-corrected chi connectivity index (χ1v) is 6.96. The van der Waals surface area contributed by atoms with E-state index in [1.54, 1.807) is 0 Å². The first-order chi connectivity index (χ1) is 9.33. The Morgan fingerprint density at radius 3 is 2.53 bits per heavy atom. The predicted molar refractivity (Wildman–Crippen MR) is 82.5 cm³/mol. The molecular weight excluding hydrogens is 232 g/mol. The van der Waals surface area contributed by atoms with Crippen LogP contribution >= 0.6 is 0 Å². The standard InChI is InChI=1S/C17H22N2/c1-3-19(4-2)18-17-13-9-8-12-16(17)14-15-10-6-5-7-11-15/h5-14,17-18H,3-4H2,1-2H3. The molecule has 0 saturated carbocycles. The molecule has 0 spiro atoms. The van der Waals surface area contributed by atoms with Crippen LogP contribution in [-0.4, -0.2) is 24.1 Å². The highest BCUT2D eigenvalue weighted by Crippen LogP contribution is 2.16. The van der Waals surface area contributed by atoms with E-state index < -0.39 is 0 Å². The Kier molecular flexibility index (Phi) is 5.13. The molecule has 1 aliphatic carbocycles. The summed E-state index contributed by atoms with van der Waals surface area (Å²) in [5, 5.41) is 2.23. The summed E-state index contributed by atoms with van der Waals surface area (Å²) in [5.74, 6) is 0. The maximum atomic E-state index is 3.55. The van der Waals surface area contributed by atoms with Crippen LogP contribution in [0, 0.1) is 0 Å². The van der Waals surface area contributed by atoms with Gasteiger partial charge in [0.15, 0.2) is 0 Å². The zero-order valence-corrected chi connectivity index (χ0v) is 11.7. The van der Waals surface area contributed by atoms with Crippen LogP contribution in [0.2, 0.25) is 0 Å². The van der Waals surface area contributed by atoms with Crippen LogP contribution in [0.15, 0.2) is 60.2 Å². The molecular formula is C17H22N2. The number of hydrogen-bond acceptors (Lipinski definition) is 2. The van der Waals surface area contributed by atoms with Gasteiger partial charge < -0.3 is 0 Å². The van der Waals surface area contributed by atoms with Crippen LogP contribution in [0.4, 0.5) is 0 Å². The maximum Gasteiger partial charge on any atom is 0.0648 e. The number of nitrogens with one attached hydrogen (secondary N) is 1. The quantitative estimate of drug-likeness (QED) is 0.810. The molecule has 19 heavy (non-hydrogen) atoms. The molecule has 0 radical (unpaired) electrons. The lowest BCUT2D eigenvalue weighted by Gasteiger charge is -2.27. The number of allylic oxidation sites excluding steroid dienone is 2. The fourth-order valence-electron chi connectivity index (χ4n) is 2.16. The average Bonchev–Trinajstić information content (AvgIpc) is 2.47. The molecule has 0 amide bonds. The molecule has 1 aliphatic rings. The van der Waals surface area contributed by atoms with Crippen LogP contribution in [0.5, 0.6) is 0 Å². The number of hydrogen-bond donors (Lipinski definition) is 1. The summed E-state index contributed by atoms with van der Waals surface area (Å²) in [6, 6.07) is 10.7. The Morgan fingerprint density at radius 1 is 1.11 bits per heavy atom. The fraction of sp³-hybridized carbons (Fsp3) is 0.294. The Hall–Kier alpha value is -1.64. The Balaban J connectivity index is 2.15. The molecule has 0 saturated heterocycles. The highest BCUT2D eigenvalue weighted by Gasteiger charge is 2.13. The SMILES string of the molecule is CCN(CC)NC1C=CC=CC1=Cc1ccccc1. The number of benzene rings is 1. The number of hydrazine groups is 1. The Morgan fingerprint density at radius 2 is 1.84 bits per heavy atom. The second-order valence-electron chi connectivity index (χ2n) is 4.58. The van der Waals surface area contributed by atoms with Gasteiger partial charge in [-0.15, -0.1) is 0 Å². The summed E-state index contributed by atoms with van der Waals surface area (Å²) in [6.45, 7) is 6.34. The van der Waals surface area contributed by atoms with E-state index >= 15 is 0 Å². The van der Waals surface area contributed by atoms with Crippen molar-refractivity contribution in [2.24, 2.45) is 0 Å². The van der Waals surface area contributed by atoms with Gasteiger partial charge in [0, 0.05) is 13.1 Å². The van der Waals surface area contributed by atoms with E-state index in [1.807, 2.05) is 6.07 Å². The molecule has 2 heteroatoms. The van der Waals surface area contributed by atoms with Gasteiger partial charge >= 0.3 is 0 Å². The van der Waals surface area contributed by atoms with Gasteiger partial charge in [0.25, 0.3) is 0 Å². The van der Waals surface area contributed by atoms with Crippen molar-refractivity contribution in [2.75, 3.05) is 13.1 Å². The van der Waals surface area contributed by atoms with E-state index in [4.69, 9.17) is 0 Å². The van der Waals surface area contributed by atoms with Gasteiger partial charge in [0.05, 0.1) is 6.04 Å². The second-order valence-corrected chi connectivity index (χ2v) is 4.58. The third kappa shape index (κ3) is 3.91. The lowest BCUT2D eigenvalue weighted by Crippen LogP contribution is -2.44. The zero-order chi connectivity index (χ0) is 13.5. The van der Waals surface area contributed by atoms with Gasteiger partial charge in [-0.1, -0.05) is 68.5 Å².